The number of sulfonamides is 1. The van der Waals surface area contributed by atoms with Gasteiger partial charge in [-0.25, -0.2) is 13.1 Å². The first kappa shape index (κ1) is 17.6. The molecule has 1 aromatic heterocycles. The van der Waals surface area contributed by atoms with Gasteiger partial charge >= 0.3 is 0 Å². The van der Waals surface area contributed by atoms with Crippen molar-refractivity contribution in [3.05, 3.63) is 64.3 Å². The average molecular weight is 389 g/mol. The number of nitrogens with one attached hydrogen (secondary N) is 1. The van der Waals surface area contributed by atoms with Gasteiger partial charge in [0, 0.05) is 34.7 Å². The monoisotopic (exact) mass is 388 g/mol. The molecule has 0 saturated heterocycles. The molecule has 0 fully saturated rings. The Morgan fingerprint density at radius 1 is 1.19 bits per heavy atom. The highest BCUT2D eigenvalue weighted by atomic mass is 35.5. The third kappa shape index (κ3) is 2.94. The number of rotatable bonds is 3. The molecule has 4 nitrogen and oxygen atoms in total. The van der Waals surface area contributed by atoms with Gasteiger partial charge in [-0.1, -0.05) is 29.8 Å². The Morgan fingerprint density at radius 3 is 2.73 bits per heavy atom. The summed E-state index contributed by atoms with van der Waals surface area (Å²) < 4.78 is 30.7. The second-order valence-corrected chi connectivity index (χ2v) is 9.09. The van der Waals surface area contributed by atoms with E-state index < -0.39 is 10.0 Å². The predicted octanol–water partition coefficient (Wildman–Crippen LogP) is 3.98. The van der Waals surface area contributed by atoms with Crippen molar-refractivity contribution in [1.82, 2.24) is 9.29 Å². The molecule has 0 amide bonds. The van der Waals surface area contributed by atoms with Crippen LogP contribution in [0.4, 0.5) is 0 Å². The van der Waals surface area contributed by atoms with Gasteiger partial charge in [-0.3, -0.25) is 0 Å². The maximum atomic E-state index is 12.8. The van der Waals surface area contributed by atoms with Crippen LogP contribution in [0.2, 0.25) is 5.02 Å². The summed E-state index contributed by atoms with van der Waals surface area (Å²) in [6, 6.07) is 13.0. The second-order valence-electron chi connectivity index (χ2n) is 6.97. The van der Waals surface area contributed by atoms with Crippen LogP contribution in [0.5, 0.6) is 0 Å². The minimum atomic E-state index is -3.56. The fraction of sp³-hybridized carbons (Fsp3) is 0.300. The molecule has 3 aromatic rings. The number of benzene rings is 2. The Balaban J connectivity index is 1.63. The lowest BCUT2D eigenvalue weighted by Gasteiger charge is -2.24. The zero-order valence-electron chi connectivity index (χ0n) is 14.8. The topological polar surface area (TPSA) is 51.1 Å². The Bertz CT molecular complexity index is 1100. The third-order valence-corrected chi connectivity index (χ3v) is 7.23. The molecule has 0 saturated carbocycles. The summed E-state index contributed by atoms with van der Waals surface area (Å²) in [6.07, 6.45) is 2.37. The van der Waals surface area contributed by atoms with E-state index in [1.807, 2.05) is 19.1 Å². The van der Waals surface area contributed by atoms with E-state index in [1.165, 1.54) is 22.2 Å². The van der Waals surface area contributed by atoms with Gasteiger partial charge < -0.3 is 4.57 Å². The number of aryl methyl sites for hydroxylation is 2. The molecule has 1 N–H and O–H groups in total. The van der Waals surface area contributed by atoms with Crippen LogP contribution in [0, 0.1) is 6.92 Å². The standard InChI is InChI=1S/C20H21ClN2O2S/c1-13-11-15(8-9-18(13)21)26(24,25)22-14-7-10-20-17(12-14)16-5-3-4-6-19(16)23(20)2/h3-6,8-9,11,14,22H,7,10,12H2,1-2H3. The van der Waals surface area contributed by atoms with Crippen molar-refractivity contribution in [2.24, 2.45) is 7.05 Å². The van der Waals surface area contributed by atoms with Gasteiger partial charge in [0.15, 0.2) is 0 Å². The van der Waals surface area contributed by atoms with Crippen LogP contribution < -0.4 is 4.72 Å². The molecule has 1 unspecified atom stereocenters. The molecule has 26 heavy (non-hydrogen) atoms. The van der Waals surface area contributed by atoms with Crippen molar-refractivity contribution >= 4 is 32.5 Å². The maximum Gasteiger partial charge on any atom is 0.240 e. The largest absolute Gasteiger partial charge is 0.347 e. The van der Waals surface area contributed by atoms with E-state index in [1.54, 1.807) is 18.2 Å². The van der Waals surface area contributed by atoms with E-state index in [2.05, 4.69) is 28.5 Å². The molecule has 4 rings (SSSR count). The minimum absolute atomic E-state index is 0.103. The first-order valence-electron chi connectivity index (χ1n) is 8.70. The van der Waals surface area contributed by atoms with Crippen LogP contribution >= 0.6 is 11.6 Å². The van der Waals surface area contributed by atoms with Crippen molar-refractivity contribution in [2.75, 3.05) is 0 Å². The lowest BCUT2D eigenvalue weighted by atomic mass is 9.92. The van der Waals surface area contributed by atoms with E-state index in [0.717, 1.165) is 18.4 Å². The fourth-order valence-electron chi connectivity index (χ4n) is 3.90. The molecular weight excluding hydrogens is 368 g/mol. The number of hydrogen-bond acceptors (Lipinski definition) is 2. The molecule has 0 aliphatic heterocycles. The van der Waals surface area contributed by atoms with Gasteiger partial charge in [-0.15, -0.1) is 0 Å². The second kappa shape index (κ2) is 6.41. The molecule has 0 spiro atoms. The molecule has 6 heteroatoms. The summed E-state index contributed by atoms with van der Waals surface area (Å²) in [4.78, 5) is 0.267. The highest BCUT2D eigenvalue weighted by Gasteiger charge is 2.28. The average Bonchev–Trinajstić information content (AvgIpc) is 2.90. The van der Waals surface area contributed by atoms with Crippen LogP contribution in [0.1, 0.15) is 23.2 Å². The zero-order chi connectivity index (χ0) is 18.5. The highest BCUT2D eigenvalue weighted by molar-refractivity contribution is 7.89. The van der Waals surface area contributed by atoms with Gasteiger partial charge in [0.25, 0.3) is 0 Å². The Morgan fingerprint density at radius 2 is 1.96 bits per heavy atom. The molecule has 136 valence electrons. The number of halogens is 1. The summed E-state index contributed by atoms with van der Waals surface area (Å²) in [5.74, 6) is 0. The molecule has 1 atom stereocenters. The van der Waals surface area contributed by atoms with Crippen LogP contribution in [0.15, 0.2) is 47.4 Å². The molecule has 1 aliphatic carbocycles. The number of para-hydroxylation sites is 1. The normalized spacial score (nSPS) is 17.4. The van der Waals surface area contributed by atoms with E-state index in [4.69, 9.17) is 11.6 Å². The molecule has 2 aromatic carbocycles. The molecular formula is C20H21ClN2O2S. The highest BCUT2D eigenvalue weighted by Crippen LogP contribution is 2.32. The predicted molar refractivity (Wildman–Crippen MR) is 105 cm³/mol. The number of nitrogens with zero attached hydrogens (tertiary/aromatic N) is 1. The van der Waals surface area contributed by atoms with Crippen molar-refractivity contribution in [3.8, 4) is 0 Å². The number of aromatic nitrogens is 1. The molecule has 0 bridgehead atoms. The van der Waals surface area contributed by atoms with Gasteiger partial charge in [0.2, 0.25) is 10.0 Å². The summed E-state index contributed by atoms with van der Waals surface area (Å²) in [5, 5.41) is 1.79. The van der Waals surface area contributed by atoms with Gasteiger partial charge in [-0.2, -0.15) is 0 Å². The quantitative estimate of drug-likeness (QED) is 0.737. The van der Waals surface area contributed by atoms with E-state index in [9.17, 15) is 8.42 Å². The van der Waals surface area contributed by atoms with Crippen LogP contribution in [0.25, 0.3) is 10.9 Å². The fourth-order valence-corrected chi connectivity index (χ4v) is 5.38. The van der Waals surface area contributed by atoms with Gasteiger partial charge in [-0.05, 0) is 61.6 Å². The maximum absolute atomic E-state index is 12.8. The van der Waals surface area contributed by atoms with E-state index in [0.29, 0.717) is 11.4 Å². The SMILES string of the molecule is Cc1cc(S(=O)(=O)NC2CCc3c(c4ccccc4n3C)C2)ccc1Cl. The number of hydrogen-bond donors (Lipinski definition) is 1. The van der Waals surface area contributed by atoms with Gasteiger partial charge in [0.1, 0.15) is 0 Å². The van der Waals surface area contributed by atoms with Crippen molar-refractivity contribution in [1.29, 1.82) is 0 Å². The summed E-state index contributed by atoms with van der Waals surface area (Å²) >= 11 is 6.02. The van der Waals surface area contributed by atoms with Crippen LogP contribution in [0.3, 0.4) is 0 Å². The summed E-state index contributed by atoms with van der Waals surface area (Å²) in [5.41, 5.74) is 4.53. The Labute approximate surface area is 158 Å². The van der Waals surface area contributed by atoms with Crippen LogP contribution in [-0.2, 0) is 29.9 Å². The molecule has 1 heterocycles. The van der Waals surface area contributed by atoms with Crippen molar-refractivity contribution < 1.29 is 8.42 Å². The minimum Gasteiger partial charge on any atom is -0.347 e. The lowest BCUT2D eigenvalue weighted by molar-refractivity contribution is 0.501. The molecule has 0 radical (unpaired) electrons. The van der Waals surface area contributed by atoms with Gasteiger partial charge in [0.05, 0.1) is 4.90 Å². The first-order chi connectivity index (χ1) is 12.4. The van der Waals surface area contributed by atoms with Crippen molar-refractivity contribution in [3.63, 3.8) is 0 Å². The van der Waals surface area contributed by atoms with E-state index >= 15 is 0 Å². The third-order valence-electron chi connectivity index (χ3n) is 5.29. The Hall–Kier alpha value is -1.82. The first-order valence-corrected chi connectivity index (χ1v) is 10.6. The van der Waals surface area contributed by atoms with Crippen LogP contribution in [-0.4, -0.2) is 19.0 Å². The number of fused-ring (bicyclic) bond motifs is 3. The summed E-state index contributed by atoms with van der Waals surface area (Å²) in [7, 11) is -1.48. The Kier molecular flexibility index (Phi) is 4.34. The summed E-state index contributed by atoms with van der Waals surface area (Å²) in [6.45, 7) is 1.81. The van der Waals surface area contributed by atoms with E-state index in [-0.39, 0.29) is 10.9 Å². The lowest BCUT2D eigenvalue weighted by Crippen LogP contribution is -2.38. The smallest absolute Gasteiger partial charge is 0.240 e. The zero-order valence-corrected chi connectivity index (χ0v) is 16.4. The van der Waals surface area contributed by atoms with Crippen molar-refractivity contribution in [2.45, 2.75) is 37.1 Å². The molecule has 1 aliphatic rings.